The molecule has 1 unspecified atom stereocenters. The fraction of sp³-hybridized carbons (Fsp3) is 0.533. The van der Waals surface area contributed by atoms with Gasteiger partial charge in [-0.25, -0.2) is 0 Å². The van der Waals surface area contributed by atoms with Gasteiger partial charge in [0, 0.05) is 17.3 Å². The van der Waals surface area contributed by atoms with Crippen LogP contribution in [-0.2, 0) is 4.79 Å². The molecule has 0 spiro atoms. The van der Waals surface area contributed by atoms with Gasteiger partial charge in [-0.2, -0.15) is 0 Å². The molecule has 0 bridgehead atoms. The van der Waals surface area contributed by atoms with E-state index in [0.717, 1.165) is 29.7 Å². The molecule has 0 saturated carbocycles. The Morgan fingerprint density at radius 1 is 1.28 bits per heavy atom. The lowest BCUT2D eigenvalue weighted by Crippen LogP contribution is -2.35. The summed E-state index contributed by atoms with van der Waals surface area (Å²) in [4.78, 5) is 12.1. The first-order valence-corrected chi connectivity index (χ1v) is 6.74. The van der Waals surface area contributed by atoms with Gasteiger partial charge in [0.25, 0.3) is 0 Å². The summed E-state index contributed by atoms with van der Waals surface area (Å²) < 4.78 is 0. The first-order valence-electron chi connectivity index (χ1n) is 6.74. The highest BCUT2D eigenvalue weighted by Gasteiger charge is 2.32. The summed E-state index contributed by atoms with van der Waals surface area (Å²) in [6.45, 7) is 8.42. The van der Waals surface area contributed by atoms with Gasteiger partial charge < -0.3 is 5.32 Å². The summed E-state index contributed by atoms with van der Waals surface area (Å²) in [6.07, 6.45) is 2.08. The quantitative estimate of drug-likeness (QED) is 0.857. The Bertz CT molecular complexity index is 464. The van der Waals surface area contributed by atoms with Gasteiger partial charge in [-0.15, -0.1) is 0 Å². The number of hydrogen-bond donors (Lipinski definition) is 2. The molecule has 0 fully saturated rings. The van der Waals surface area contributed by atoms with Gasteiger partial charge in [0.05, 0.1) is 0 Å². The highest BCUT2D eigenvalue weighted by Crippen LogP contribution is 2.35. The second kappa shape index (κ2) is 5.11. The number of carbonyl (C=O) groups excluding carboxylic acids is 1. The van der Waals surface area contributed by atoms with Crippen molar-refractivity contribution in [1.82, 2.24) is 5.32 Å². The van der Waals surface area contributed by atoms with Crippen molar-refractivity contribution in [3.63, 3.8) is 0 Å². The topological polar surface area (TPSA) is 41.1 Å². The Morgan fingerprint density at radius 2 is 1.94 bits per heavy atom. The summed E-state index contributed by atoms with van der Waals surface area (Å²) in [6, 6.07) is 4.43. The van der Waals surface area contributed by atoms with Crippen LogP contribution in [0.1, 0.15) is 49.4 Å². The van der Waals surface area contributed by atoms with Gasteiger partial charge in [0.1, 0.15) is 6.04 Å². The number of aryl methyl sites for hydroxylation is 2. The molecule has 1 atom stereocenters. The minimum absolute atomic E-state index is 0.0746. The van der Waals surface area contributed by atoms with Crippen LogP contribution in [0, 0.1) is 13.8 Å². The van der Waals surface area contributed by atoms with Crippen molar-refractivity contribution in [2.24, 2.45) is 0 Å². The smallest absolute Gasteiger partial charge is 0.246 e. The molecule has 0 aromatic heterocycles. The number of rotatable bonds is 4. The van der Waals surface area contributed by atoms with E-state index in [-0.39, 0.29) is 11.9 Å². The molecule has 2 rings (SSSR count). The Balaban J connectivity index is 2.32. The van der Waals surface area contributed by atoms with Crippen LogP contribution in [0.15, 0.2) is 12.1 Å². The maximum absolute atomic E-state index is 12.1. The van der Waals surface area contributed by atoms with Gasteiger partial charge >= 0.3 is 0 Å². The summed E-state index contributed by atoms with van der Waals surface area (Å²) in [7, 11) is 0. The van der Waals surface area contributed by atoms with Crippen molar-refractivity contribution < 1.29 is 4.79 Å². The van der Waals surface area contributed by atoms with Crippen LogP contribution in [0.3, 0.4) is 0 Å². The fourth-order valence-electron chi connectivity index (χ4n) is 2.66. The molecular weight excluding hydrogens is 224 g/mol. The average molecular weight is 246 g/mol. The van der Waals surface area contributed by atoms with E-state index < -0.39 is 0 Å². The third-order valence-corrected chi connectivity index (χ3v) is 3.72. The van der Waals surface area contributed by atoms with Crippen molar-refractivity contribution in [2.75, 3.05) is 5.32 Å². The number of benzene rings is 1. The molecule has 1 aliphatic heterocycles. The number of fused-ring (bicyclic) bond motifs is 1. The minimum Gasteiger partial charge on any atom is -0.324 e. The van der Waals surface area contributed by atoms with Crippen LogP contribution >= 0.6 is 0 Å². The van der Waals surface area contributed by atoms with Crippen molar-refractivity contribution in [3.05, 3.63) is 28.8 Å². The summed E-state index contributed by atoms with van der Waals surface area (Å²) in [5.41, 5.74) is 4.45. The molecule has 1 aromatic carbocycles. The minimum atomic E-state index is -0.191. The first kappa shape index (κ1) is 13.1. The zero-order chi connectivity index (χ0) is 13.3. The van der Waals surface area contributed by atoms with Crippen LogP contribution < -0.4 is 10.6 Å². The van der Waals surface area contributed by atoms with Crippen LogP contribution in [0.4, 0.5) is 5.69 Å². The lowest BCUT2D eigenvalue weighted by molar-refractivity contribution is -0.117. The van der Waals surface area contributed by atoms with E-state index in [1.165, 1.54) is 5.56 Å². The van der Waals surface area contributed by atoms with Crippen molar-refractivity contribution in [1.29, 1.82) is 0 Å². The van der Waals surface area contributed by atoms with Gasteiger partial charge in [0.2, 0.25) is 5.91 Å². The van der Waals surface area contributed by atoms with Crippen molar-refractivity contribution >= 4 is 11.6 Å². The van der Waals surface area contributed by atoms with Gasteiger partial charge in [-0.05, 0) is 32.3 Å². The number of carbonyl (C=O) groups is 1. The molecule has 0 saturated heterocycles. The van der Waals surface area contributed by atoms with E-state index in [1.54, 1.807) is 0 Å². The fourth-order valence-corrected chi connectivity index (χ4v) is 2.66. The molecule has 1 amide bonds. The van der Waals surface area contributed by atoms with E-state index >= 15 is 0 Å². The molecule has 2 N–H and O–H groups in total. The van der Waals surface area contributed by atoms with Crippen LogP contribution in [-0.4, -0.2) is 11.9 Å². The van der Waals surface area contributed by atoms with Gasteiger partial charge in [-0.1, -0.05) is 31.5 Å². The second-order valence-corrected chi connectivity index (χ2v) is 5.15. The highest BCUT2D eigenvalue weighted by atomic mass is 16.2. The van der Waals surface area contributed by atoms with Gasteiger partial charge in [0.15, 0.2) is 0 Å². The SMILES string of the molecule is CCC(CC)NC1C(=O)Nc2c(C)cc(C)cc21. The molecule has 18 heavy (non-hydrogen) atoms. The maximum Gasteiger partial charge on any atom is 0.246 e. The van der Waals surface area contributed by atoms with Crippen molar-refractivity contribution in [2.45, 2.75) is 52.6 Å². The zero-order valence-corrected chi connectivity index (χ0v) is 11.6. The van der Waals surface area contributed by atoms with E-state index in [9.17, 15) is 4.79 Å². The summed E-state index contributed by atoms with van der Waals surface area (Å²) in [5, 5.41) is 6.46. The Labute approximate surface area is 109 Å². The average Bonchev–Trinajstić information content (AvgIpc) is 2.63. The largest absolute Gasteiger partial charge is 0.324 e. The maximum atomic E-state index is 12.1. The highest BCUT2D eigenvalue weighted by molar-refractivity contribution is 6.03. The standard InChI is InChI=1S/C15H22N2O/c1-5-11(6-2)16-14-12-8-9(3)7-10(4)13(12)17-15(14)18/h7-8,11,14,16H,5-6H2,1-4H3,(H,17,18). The van der Waals surface area contributed by atoms with Gasteiger partial charge in [-0.3, -0.25) is 10.1 Å². The second-order valence-electron chi connectivity index (χ2n) is 5.15. The van der Waals surface area contributed by atoms with Crippen LogP contribution in [0.5, 0.6) is 0 Å². The number of amides is 1. The van der Waals surface area contributed by atoms with Crippen LogP contribution in [0.25, 0.3) is 0 Å². The van der Waals surface area contributed by atoms with E-state index in [2.05, 4.69) is 43.5 Å². The molecule has 98 valence electrons. The van der Waals surface area contributed by atoms with E-state index in [1.807, 2.05) is 6.92 Å². The predicted octanol–water partition coefficient (Wildman–Crippen LogP) is 3.07. The third-order valence-electron chi connectivity index (χ3n) is 3.72. The lowest BCUT2D eigenvalue weighted by Gasteiger charge is -2.19. The molecule has 1 heterocycles. The molecule has 3 nitrogen and oxygen atoms in total. The van der Waals surface area contributed by atoms with E-state index in [0.29, 0.717) is 6.04 Å². The Hall–Kier alpha value is -1.35. The Morgan fingerprint density at radius 3 is 2.56 bits per heavy atom. The third kappa shape index (κ3) is 2.27. The molecule has 0 radical (unpaired) electrons. The molecule has 1 aromatic rings. The first-order chi connectivity index (χ1) is 8.56. The normalized spacial score (nSPS) is 18.1. The summed E-state index contributed by atoms with van der Waals surface area (Å²) >= 11 is 0. The Kier molecular flexibility index (Phi) is 3.71. The number of hydrogen-bond acceptors (Lipinski definition) is 2. The molecular formula is C15H22N2O. The number of anilines is 1. The van der Waals surface area contributed by atoms with Crippen LogP contribution in [0.2, 0.25) is 0 Å². The van der Waals surface area contributed by atoms with Crippen molar-refractivity contribution in [3.8, 4) is 0 Å². The lowest BCUT2D eigenvalue weighted by atomic mass is 10.0. The van der Waals surface area contributed by atoms with E-state index in [4.69, 9.17) is 0 Å². The summed E-state index contributed by atoms with van der Waals surface area (Å²) in [5.74, 6) is 0.0746. The molecule has 1 aliphatic rings. The zero-order valence-electron chi connectivity index (χ0n) is 11.6. The number of nitrogens with one attached hydrogen (secondary N) is 2. The molecule has 0 aliphatic carbocycles. The monoisotopic (exact) mass is 246 g/mol. The molecule has 3 heteroatoms. The predicted molar refractivity (Wildman–Crippen MR) is 74.8 cm³/mol.